The predicted molar refractivity (Wildman–Crippen MR) is 142 cm³/mol. The fourth-order valence-electron chi connectivity index (χ4n) is 4.28. The highest BCUT2D eigenvalue weighted by molar-refractivity contribution is 7.99. The average Bonchev–Trinajstić information content (AvgIpc) is 3.51. The van der Waals surface area contributed by atoms with Gasteiger partial charge in [-0.15, -0.1) is 22.7 Å². The number of esters is 1. The van der Waals surface area contributed by atoms with Gasteiger partial charge in [0.05, 0.1) is 29.5 Å². The van der Waals surface area contributed by atoms with Crippen LogP contribution in [0.4, 0.5) is 5.00 Å². The number of thioether (sulfide) groups is 1. The Morgan fingerprint density at radius 3 is 2.69 bits per heavy atom. The molecule has 1 amide bonds. The third-order valence-electron chi connectivity index (χ3n) is 6.08. The molecule has 0 unspecified atom stereocenters. The lowest BCUT2D eigenvalue weighted by Crippen LogP contribution is -2.23. The summed E-state index contributed by atoms with van der Waals surface area (Å²) in [5.41, 5.74) is 2.93. The molecule has 0 bridgehead atoms. The molecule has 35 heavy (non-hydrogen) atoms. The summed E-state index contributed by atoms with van der Waals surface area (Å²) in [6, 6.07) is 9.32. The molecule has 1 aliphatic rings. The van der Waals surface area contributed by atoms with Crippen LogP contribution in [0.25, 0.3) is 15.9 Å². The van der Waals surface area contributed by atoms with Crippen LogP contribution in [0.1, 0.15) is 37.7 Å². The number of carbonyl (C=O) groups is 2. The minimum absolute atomic E-state index is 0.0390. The first kappa shape index (κ1) is 23.8. The average molecular weight is 526 g/mol. The van der Waals surface area contributed by atoms with Crippen LogP contribution in [0, 0.1) is 13.8 Å². The summed E-state index contributed by atoms with van der Waals surface area (Å²) in [5, 5.41) is 4.49. The molecule has 10 heteroatoms. The zero-order chi connectivity index (χ0) is 24.7. The second-order valence-corrected chi connectivity index (χ2v) is 11.5. The Morgan fingerprint density at radius 1 is 1.17 bits per heavy atom. The number of amides is 1. The zero-order valence-electron chi connectivity index (χ0n) is 19.5. The van der Waals surface area contributed by atoms with E-state index in [2.05, 4.69) is 5.32 Å². The van der Waals surface area contributed by atoms with Crippen molar-refractivity contribution in [2.75, 3.05) is 18.2 Å². The van der Waals surface area contributed by atoms with E-state index in [0.29, 0.717) is 31.6 Å². The number of thiophene rings is 2. The summed E-state index contributed by atoms with van der Waals surface area (Å²) in [5.74, 6) is -0.662. The number of fused-ring (bicyclic) bond motifs is 2. The Bertz CT molecular complexity index is 1520. The van der Waals surface area contributed by atoms with Gasteiger partial charge in [-0.25, -0.2) is 9.78 Å². The Morgan fingerprint density at radius 2 is 1.94 bits per heavy atom. The first-order valence-corrected chi connectivity index (χ1v) is 13.7. The van der Waals surface area contributed by atoms with Gasteiger partial charge in [-0.1, -0.05) is 30.0 Å². The summed E-state index contributed by atoms with van der Waals surface area (Å²) in [6.07, 6.45) is 2.72. The van der Waals surface area contributed by atoms with Crippen LogP contribution in [0.2, 0.25) is 0 Å². The van der Waals surface area contributed by atoms with Crippen molar-refractivity contribution in [2.45, 2.75) is 38.3 Å². The molecule has 3 heterocycles. The second-order valence-electron chi connectivity index (χ2n) is 8.22. The van der Waals surface area contributed by atoms with Crippen LogP contribution in [0.15, 0.2) is 40.3 Å². The van der Waals surface area contributed by atoms with Crippen molar-refractivity contribution < 1.29 is 14.3 Å². The number of hydrogen-bond acceptors (Lipinski definition) is 8. The molecule has 0 aliphatic heterocycles. The largest absolute Gasteiger partial charge is 0.465 e. The van der Waals surface area contributed by atoms with Gasteiger partial charge in [0.25, 0.3) is 5.56 Å². The van der Waals surface area contributed by atoms with Gasteiger partial charge in [-0.05, 0) is 56.4 Å². The number of hydrogen-bond donors (Lipinski definition) is 1. The number of methoxy groups -OCH3 is 1. The summed E-state index contributed by atoms with van der Waals surface area (Å²) in [7, 11) is 1.35. The van der Waals surface area contributed by atoms with Gasteiger partial charge in [0, 0.05) is 9.75 Å². The number of rotatable bonds is 6. The number of aryl methyl sites for hydroxylation is 3. The summed E-state index contributed by atoms with van der Waals surface area (Å²) in [4.78, 5) is 46.5. The Kier molecular flexibility index (Phi) is 6.52. The molecule has 5 rings (SSSR count). The maximum atomic E-state index is 13.5. The van der Waals surface area contributed by atoms with E-state index in [4.69, 9.17) is 9.72 Å². The van der Waals surface area contributed by atoms with Gasteiger partial charge < -0.3 is 10.1 Å². The molecule has 0 atom stereocenters. The maximum Gasteiger partial charge on any atom is 0.341 e. The first-order chi connectivity index (χ1) is 16.9. The van der Waals surface area contributed by atoms with Gasteiger partial charge in [-0.2, -0.15) is 0 Å². The molecule has 0 fully saturated rings. The van der Waals surface area contributed by atoms with Gasteiger partial charge >= 0.3 is 5.97 Å². The highest BCUT2D eigenvalue weighted by atomic mass is 32.2. The molecule has 0 spiro atoms. The van der Waals surface area contributed by atoms with Gasteiger partial charge in [-0.3, -0.25) is 14.2 Å². The van der Waals surface area contributed by atoms with Crippen LogP contribution in [0.5, 0.6) is 0 Å². The topological polar surface area (TPSA) is 90.3 Å². The minimum Gasteiger partial charge on any atom is -0.465 e. The van der Waals surface area contributed by atoms with Crippen LogP contribution in [0.3, 0.4) is 0 Å². The fraction of sp³-hybridized carbons (Fsp3) is 0.280. The molecule has 180 valence electrons. The maximum absolute atomic E-state index is 13.5. The van der Waals surface area contributed by atoms with Crippen molar-refractivity contribution in [1.29, 1.82) is 0 Å². The number of nitrogens with one attached hydrogen (secondary N) is 1. The van der Waals surface area contributed by atoms with Crippen molar-refractivity contribution >= 4 is 61.5 Å². The molecule has 0 saturated carbocycles. The Hall–Kier alpha value is -2.95. The van der Waals surface area contributed by atoms with Gasteiger partial charge in [0.15, 0.2) is 5.16 Å². The van der Waals surface area contributed by atoms with Crippen LogP contribution >= 0.6 is 34.4 Å². The molecule has 0 radical (unpaired) electrons. The Balaban J connectivity index is 1.45. The number of anilines is 1. The number of carbonyl (C=O) groups excluding carboxylic acids is 2. The lowest BCUT2D eigenvalue weighted by atomic mass is 10.1. The third kappa shape index (κ3) is 4.30. The predicted octanol–water partition coefficient (Wildman–Crippen LogP) is 5.13. The smallest absolute Gasteiger partial charge is 0.341 e. The lowest BCUT2D eigenvalue weighted by Gasteiger charge is -2.12. The van der Waals surface area contributed by atoms with E-state index < -0.39 is 5.97 Å². The van der Waals surface area contributed by atoms with E-state index in [1.165, 1.54) is 41.5 Å². The lowest BCUT2D eigenvalue weighted by molar-refractivity contribution is -0.113. The van der Waals surface area contributed by atoms with Crippen LogP contribution < -0.4 is 10.9 Å². The summed E-state index contributed by atoms with van der Waals surface area (Å²) < 4.78 is 6.53. The van der Waals surface area contributed by atoms with E-state index in [0.717, 1.165) is 40.1 Å². The van der Waals surface area contributed by atoms with Crippen molar-refractivity contribution in [3.8, 4) is 5.69 Å². The van der Waals surface area contributed by atoms with E-state index in [1.807, 2.05) is 44.2 Å². The van der Waals surface area contributed by atoms with E-state index in [-0.39, 0.29) is 17.2 Å². The number of benzene rings is 1. The highest BCUT2D eigenvalue weighted by Gasteiger charge is 2.28. The highest BCUT2D eigenvalue weighted by Crippen LogP contribution is 2.39. The molecule has 4 aromatic rings. The molecule has 3 aromatic heterocycles. The van der Waals surface area contributed by atoms with Crippen molar-refractivity contribution in [3.63, 3.8) is 0 Å². The Labute approximate surface area is 214 Å². The minimum atomic E-state index is -0.430. The number of ether oxygens (including phenoxy) is 1. The molecular weight excluding hydrogens is 502 g/mol. The monoisotopic (exact) mass is 525 g/mol. The molecule has 1 aliphatic carbocycles. The van der Waals surface area contributed by atoms with Crippen molar-refractivity contribution in [3.05, 3.63) is 67.1 Å². The number of nitrogens with zero attached hydrogens (tertiary/aromatic N) is 2. The summed E-state index contributed by atoms with van der Waals surface area (Å²) >= 11 is 4.12. The van der Waals surface area contributed by atoms with Crippen LogP contribution in [-0.2, 0) is 22.4 Å². The normalized spacial score (nSPS) is 12.7. The number of aromatic nitrogens is 2. The van der Waals surface area contributed by atoms with Crippen molar-refractivity contribution in [1.82, 2.24) is 9.55 Å². The molecular formula is C25H23N3O4S3. The van der Waals surface area contributed by atoms with Crippen molar-refractivity contribution in [2.24, 2.45) is 0 Å². The van der Waals surface area contributed by atoms with E-state index in [1.54, 1.807) is 4.57 Å². The summed E-state index contributed by atoms with van der Waals surface area (Å²) in [6.45, 7) is 3.91. The molecule has 0 saturated heterocycles. The van der Waals surface area contributed by atoms with Gasteiger partial charge in [0.1, 0.15) is 9.83 Å². The molecule has 7 nitrogen and oxygen atoms in total. The standard InChI is InChI=1S/C25H23N3O4S3/c1-13-14(2)34-21-19(13)23(30)28(15-8-5-4-6-9-15)25(27-21)33-12-18(29)26-22-20(24(31)32-3)16-10-7-11-17(16)35-22/h4-6,8-9H,7,10-12H2,1-3H3,(H,26,29). The van der Waals surface area contributed by atoms with Crippen LogP contribution in [-0.4, -0.2) is 34.3 Å². The third-order valence-corrected chi connectivity index (χ3v) is 9.33. The van der Waals surface area contributed by atoms with Gasteiger partial charge in [0.2, 0.25) is 5.91 Å². The SMILES string of the molecule is COC(=O)c1c(NC(=O)CSc2nc3sc(C)c(C)c3c(=O)n2-c2ccccc2)sc2c1CCC2. The first-order valence-electron chi connectivity index (χ1n) is 11.1. The molecule has 1 N–H and O–H groups in total. The van der Waals surface area contributed by atoms with E-state index in [9.17, 15) is 14.4 Å². The quantitative estimate of drug-likeness (QED) is 0.213. The fourth-order valence-corrected chi connectivity index (χ4v) is 7.46. The number of para-hydroxylation sites is 1. The second kappa shape index (κ2) is 9.60. The molecule has 1 aromatic carbocycles. The van der Waals surface area contributed by atoms with E-state index >= 15 is 0 Å². The zero-order valence-corrected chi connectivity index (χ0v) is 21.9.